The molecule has 1 fully saturated rings. The summed E-state index contributed by atoms with van der Waals surface area (Å²) in [4.78, 5) is 0. The Balaban J connectivity index is 2.02. The van der Waals surface area contributed by atoms with Gasteiger partial charge < -0.3 is 5.32 Å². The number of thioether (sulfide) groups is 1. The first-order chi connectivity index (χ1) is 8.49. The summed E-state index contributed by atoms with van der Waals surface area (Å²) < 4.78 is 12.9. The van der Waals surface area contributed by atoms with Gasteiger partial charge in [-0.25, -0.2) is 4.39 Å². The van der Waals surface area contributed by atoms with Crippen molar-refractivity contribution in [3.8, 4) is 0 Å². The fourth-order valence-electron chi connectivity index (χ4n) is 2.36. The van der Waals surface area contributed by atoms with Crippen LogP contribution in [0.4, 0.5) is 4.39 Å². The summed E-state index contributed by atoms with van der Waals surface area (Å²) in [6.45, 7) is 6.83. The zero-order valence-electron chi connectivity index (χ0n) is 11.4. The Labute approximate surface area is 114 Å². The average molecular weight is 267 g/mol. The molecule has 0 bridgehead atoms. The molecule has 0 radical (unpaired) electrons. The van der Waals surface area contributed by atoms with Gasteiger partial charge in [-0.15, -0.1) is 0 Å². The van der Waals surface area contributed by atoms with Crippen LogP contribution in [0.5, 0.6) is 0 Å². The molecule has 1 aliphatic rings. The highest BCUT2D eigenvalue weighted by molar-refractivity contribution is 7.99. The van der Waals surface area contributed by atoms with E-state index in [1.165, 1.54) is 30.1 Å². The van der Waals surface area contributed by atoms with E-state index >= 15 is 0 Å². The monoisotopic (exact) mass is 267 g/mol. The summed E-state index contributed by atoms with van der Waals surface area (Å²) in [6.07, 6.45) is 1.26. The van der Waals surface area contributed by atoms with Crippen molar-refractivity contribution < 1.29 is 4.39 Å². The van der Waals surface area contributed by atoms with Gasteiger partial charge in [0, 0.05) is 17.8 Å². The summed E-state index contributed by atoms with van der Waals surface area (Å²) >= 11 is 2.02. The summed E-state index contributed by atoms with van der Waals surface area (Å²) in [5, 5.41) is 3.70. The van der Waals surface area contributed by atoms with Crippen LogP contribution < -0.4 is 5.32 Å². The topological polar surface area (TPSA) is 12.0 Å². The molecule has 2 atom stereocenters. The molecule has 2 unspecified atom stereocenters. The minimum absolute atomic E-state index is 0.167. The van der Waals surface area contributed by atoms with Crippen molar-refractivity contribution >= 4 is 11.8 Å². The molecule has 0 spiro atoms. The SMILES string of the molecule is CC(NC1CSCCC1(C)C)c1ccc(F)cc1. The fourth-order valence-corrected chi connectivity index (χ4v) is 3.98. The van der Waals surface area contributed by atoms with Crippen molar-refractivity contribution in [1.29, 1.82) is 0 Å². The van der Waals surface area contributed by atoms with Crippen molar-refractivity contribution in [2.24, 2.45) is 5.41 Å². The first-order valence-corrected chi connectivity index (χ1v) is 7.74. The number of hydrogen-bond donors (Lipinski definition) is 1. The van der Waals surface area contributed by atoms with E-state index in [1.54, 1.807) is 0 Å². The number of nitrogens with one attached hydrogen (secondary N) is 1. The summed E-state index contributed by atoms with van der Waals surface area (Å²) in [7, 11) is 0. The molecular weight excluding hydrogens is 245 g/mol. The Morgan fingerprint density at radius 3 is 2.61 bits per heavy atom. The Morgan fingerprint density at radius 1 is 1.33 bits per heavy atom. The molecule has 1 saturated heterocycles. The third-order valence-corrected chi connectivity index (χ3v) is 5.00. The van der Waals surface area contributed by atoms with E-state index in [0.717, 1.165) is 5.56 Å². The molecule has 1 heterocycles. The molecule has 0 saturated carbocycles. The quantitative estimate of drug-likeness (QED) is 0.888. The lowest BCUT2D eigenvalue weighted by Crippen LogP contribution is -2.47. The van der Waals surface area contributed by atoms with Crippen molar-refractivity contribution in [3.63, 3.8) is 0 Å². The first-order valence-electron chi connectivity index (χ1n) is 6.58. The lowest BCUT2D eigenvalue weighted by atomic mass is 9.81. The molecule has 18 heavy (non-hydrogen) atoms. The number of rotatable bonds is 3. The van der Waals surface area contributed by atoms with Crippen molar-refractivity contribution in [1.82, 2.24) is 5.32 Å². The molecule has 1 aliphatic heterocycles. The Bertz CT molecular complexity index is 388. The molecule has 1 aromatic rings. The molecule has 1 N–H and O–H groups in total. The van der Waals surface area contributed by atoms with Gasteiger partial charge in [0.15, 0.2) is 0 Å². The van der Waals surface area contributed by atoms with Crippen LogP contribution in [0.3, 0.4) is 0 Å². The molecule has 1 aromatic carbocycles. The van der Waals surface area contributed by atoms with E-state index in [-0.39, 0.29) is 11.9 Å². The molecule has 1 nitrogen and oxygen atoms in total. The van der Waals surface area contributed by atoms with Gasteiger partial charge in [0.05, 0.1) is 0 Å². The molecular formula is C15H22FNS. The van der Waals surface area contributed by atoms with Gasteiger partial charge in [-0.3, -0.25) is 0 Å². The van der Waals surface area contributed by atoms with Gasteiger partial charge in [0.25, 0.3) is 0 Å². The van der Waals surface area contributed by atoms with Crippen LogP contribution in [0.2, 0.25) is 0 Å². The minimum atomic E-state index is -0.167. The van der Waals surface area contributed by atoms with Crippen LogP contribution in [-0.2, 0) is 0 Å². The van der Waals surface area contributed by atoms with Crippen LogP contribution in [0.25, 0.3) is 0 Å². The average Bonchev–Trinajstić information content (AvgIpc) is 2.32. The van der Waals surface area contributed by atoms with Crippen molar-refractivity contribution in [2.75, 3.05) is 11.5 Å². The van der Waals surface area contributed by atoms with E-state index in [1.807, 2.05) is 23.9 Å². The second-order valence-electron chi connectivity index (χ2n) is 5.81. The predicted molar refractivity (Wildman–Crippen MR) is 77.5 cm³/mol. The van der Waals surface area contributed by atoms with E-state index in [4.69, 9.17) is 0 Å². The maximum atomic E-state index is 12.9. The highest BCUT2D eigenvalue weighted by atomic mass is 32.2. The second kappa shape index (κ2) is 5.62. The number of halogens is 1. The van der Waals surface area contributed by atoms with Gasteiger partial charge in [0.2, 0.25) is 0 Å². The molecule has 100 valence electrons. The Hall–Kier alpha value is -0.540. The largest absolute Gasteiger partial charge is 0.306 e. The lowest BCUT2D eigenvalue weighted by Gasteiger charge is -2.40. The summed E-state index contributed by atoms with van der Waals surface area (Å²) in [6, 6.07) is 7.61. The zero-order valence-corrected chi connectivity index (χ0v) is 12.2. The Morgan fingerprint density at radius 2 is 2.00 bits per heavy atom. The van der Waals surface area contributed by atoms with Gasteiger partial charge in [-0.1, -0.05) is 26.0 Å². The van der Waals surface area contributed by atoms with Gasteiger partial charge >= 0.3 is 0 Å². The summed E-state index contributed by atoms with van der Waals surface area (Å²) in [5.41, 5.74) is 1.50. The minimum Gasteiger partial charge on any atom is -0.306 e. The predicted octanol–water partition coefficient (Wildman–Crippen LogP) is 4.01. The van der Waals surface area contributed by atoms with Gasteiger partial charge in [0.1, 0.15) is 5.82 Å². The van der Waals surface area contributed by atoms with E-state index in [0.29, 0.717) is 11.5 Å². The zero-order chi connectivity index (χ0) is 13.2. The summed E-state index contributed by atoms with van der Waals surface area (Å²) in [5.74, 6) is 2.26. The van der Waals surface area contributed by atoms with Crippen LogP contribution in [0.1, 0.15) is 38.8 Å². The fraction of sp³-hybridized carbons (Fsp3) is 0.600. The molecule has 0 aromatic heterocycles. The lowest BCUT2D eigenvalue weighted by molar-refractivity contribution is 0.232. The van der Waals surface area contributed by atoms with Crippen LogP contribution in [0, 0.1) is 11.2 Å². The van der Waals surface area contributed by atoms with Gasteiger partial charge in [-0.2, -0.15) is 11.8 Å². The van der Waals surface area contributed by atoms with Crippen LogP contribution >= 0.6 is 11.8 Å². The second-order valence-corrected chi connectivity index (χ2v) is 6.96. The molecule has 3 heteroatoms. The highest BCUT2D eigenvalue weighted by Crippen LogP contribution is 2.35. The maximum absolute atomic E-state index is 12.9. The third kappa shape index (κ3) is 3.27. The van der Waals surface area contributed by atoms with Crippen molar-refractivity contribution in [2.45, 2.75) is 39.3 Å². The number of benzene rings is 1. The normalized spacial score (nSPS) is 24.8. The van der Waals surface area contributed by atoms with Gasteiger partial charge in [-0.05, 0) is 42.2 Å². The maximum Gasteiger partial charge on any atom is 0.123 e. The smallest absolute Gasteiger partial charge is 0.123 e. The highest BCUT2D eigenvalue weighted by Gasteiger charge is 2.33. The first kappa shape index (κ1) is 13.9. The Kier molecular flexibility index (Phi) is 4.33. The van der Waals surface area contributed by atoms with E-state index in [9.17, 15) is 4.39 Å². The van der Waals surface area contributed by atoms with Crippen LogP contribution in [0.15, 0.2) is 24.3 Å². The molecule has 0 aliphatic carbocycles. The number of hydrogen-bond acceptors (Lipinski definition) is 2. The van der Waals surface area contributed by atoms with E-state index < -0.39 is 0 Å². The molecule has 2 rings (SSSR count). The standard InChI is InChI=1S/C15H22FNS/c1-11(12-4-6-13(16)7-5-12)17-14-10-18-9-8-15(14,2)3/h4-7,11,14,17H,8-10H2,1-3H3. The third-order valence-electron chi connectivity index (χ3n) is 3.94. The molecule has 0 amide bonds. The van der Waals surface area contributed by atoms with E-state index in [2.05, 4.69) is 26.1 Å². The van der Waals surface area contributed by atoms with Crippen LogP contribution in [-0.4, -0.2) is 17.5 Å². The van der Waals surface area contributed by atoms with Crippen molar-refractivity contribution in [3.05, 3.63) is 35.6 Å².